The molecule has 0 radical (unpaired) electrons. The summed E-state index contributed by atoms with van der Waals surface area (Å²) >= 11 is 0. The highest BCUT2D eigenvalue weighted by Gasteiger charge is 2.50. The number of ether oxygens (including phenoxy) is 1. The first-order valence-electron chi connectivity index (χ1n) is 9.56. The third-order valence-electron chi connectivity index (χ3n) is 4.94. The average Bonchev–Trinajstić information content (AvgIpc) is 2.70. The number of H-pyrrole nitrogens is 2. The van der Waals surface area contributed by atoms with Crippen molar-refractivity contribution in [2.75, 3.05) is 13.2 Å². The maximum Gasteiger partial charge on any atom is 0.362 e. The van der Waals surface area contributed by atoms with Crippen LogP contribution >= 0.6 is 7.60 Å². The van der Waals surface area contributed by atoms with Crippen LogP contribution in [0.2, 0.25) is 0 Å². The summed E-state index contributed by atoms with van der Waals surface area (Å²) in [4.78, 5) is 37.4. The molecule has 174 valence electrons. The Hall–Kier alpha value is -1.40. The number of alkyl halides is 1. The van der Waals surface area contributed by atoms with Crippen molar-refractivity contribution in [2.45, 2.75) is 69.9 Å². The molecule has 11 nitrogen and oxygen atoms in total. The SMILES string of the molecule is CCC(F)(CCO[C@@H](c1c[nH]c(=O)[nH]c1=O)[C@H](O)CO)OP(=O)(O)C(O)(CC)CC. The molecule has 0 aromatic carbocycles. The number of aromatic nitrogens is 2. The Bertz CT molecular complexity index is 841. The highest BCUT2D eigenvalue weighted by atomic mass is 31.2. The molecule has 0 saturated heterocycles. The monoisotopic (exact) mass is 456 g/mol. The van der Waals surface area contributed by atoms with Gasteiger partial charge in [0, 0.05) is 19.0 Å². The molecule has 0 aliphatic carbocycles. The molecular formula is C17H30FN2O9P. The van der Waals surface area contributed by atoms with Crippen LogP contribution in [0.5, 0.6) is 0 Å². The lowest BCUT2D eigenvalue weighted by Crippen LogP contribution is -2.36. The Morgan fingerprint density at radius 1 is 1.23 bits per heavy atom. The topological polar surface area (TPSA) is 182 Å². The van der Waals surface area contributed by atoms with Gasteiger partial charge >= 0.3 is 13.3 Å². The molecule has 0 amide bonds. The van der Waals surface area contributed by atoms with E-state index in [2.05, 4.69) is 4.98 Å². The fourth-order valence-corrected chi connectivity index (χ4v) is 4.35. The van der Waals surface area contributed by atoms with E-state index in [9.17, 15) is 34.4 Å². The molecule has 13 heteroatoms. The minimum Gasteiger partial charge on any atom is -0.394 e. The van der Waals surface area contributed by atoms with Crippen molar-refractivity contribution in [1.29, 1.82) is 0 Å². The number of rotatable bonds is 13. The summed E-state index contributed by atoms with van der Waals surface area (Å²) in [6.07, 6.45) is -3.18. The lowest BCUT2D eigenvalue weighted by atomic mass is 10.1. The van der Waals surface area contributed by atoms with E-state index in [1.54, 1.807) is 0 Å². The molecule has 0 aliphatic rings. The Morgan fingerprint density at radius 2 is 1.83 bits per heavy atom. The van der Waals surface area contributed by atoms with E-state index in [0.29, 0.717) is 0 Å². The van der Waals surface area contributed by atoms with Gasteiger partial charge < -0.3 is 29.9 Å². The van der Waals surface area contributed by atoms with E-state index >= 15 is 4.39 Å². The van der Waals surface area contributed by atoms with Crippen molar-refractivity contribution in [1.82, 2.24) is 9.97 Å². The second-order valence-corrected chi connectivity index (χ2v) is 8.91. The van der Waals surface area contributed by atoms with E-state index in [0.717, 1.165) is 6.20 Å². The zero-order chi connectivity index (χ0) is 23.2. The summed E-state index contributed by atoms with van der Waals surface area (Å²) in [5, 5.41) is 27.3. The third-order valence-corrected chi connectivity index (χ3v) is 7.20. The van der Waals surface area contributed by atoms with Gasteiger partial charge in [0.1, 0.15) is 12.2 Å². The number of hydrogen-bond acceptors (Lipinski definition) is 8. The standard InChI is InChI=1S/C17H30FN2O9P/c1-4-16(18,29-30(26,27)17(25,5-2)6-3)7-8-28-13(12(22)10-21)11-9-19-15(24)20-14(11)23/h9,12-13,21-22,25H,4-8,10H2,1-3H3,(H,26,27)(H2,19,20,23,24)/t12-,13+,16?/m1/s1. The molecule has 1 rings (SSSR count). The fourth-order valence-electron chi connectivity index (χ4n) is 2.72. The number of aliphatic hydroxyl groups excluding tert-OH is 2. The quantitative estimate of drug-likeness (QED) is 0.232. The smallest absolute Gasteiger partial charge is 0.362 e. The van der Waals surface area contributed by atoms with E-state index in [1.165, 1.54) is 20.8 Å². The number of aromatic amines is 2. The van der Waals surface area contributed by atoms with Gasteiger partial charge in [-0.05, 0) is 12.8 Å². The summed E-state index contributed by atoms with van der Waals surface area (Å²) < 4.78 is 37.8. The van der Waals surface area contributed by atoms with Crippen LogP contribution in [0.25, 0.3) is 0 Å². The van der Waals surface area contributed by atoms with Gasteiger partial charge in [0.25, 0.3) is 5.56 Å². The minimum absolute atomic E-state index is 0.132. The molecule has 4 atom stereocenters. The number of halogens is 1. The Kier molecular flexibility index (Phi) is 9.55. The van der Waals surface area contributed by atoms with Crippen LogP contribution in [0.4, 0.5) is 4.39 Å². The maximum absolute atomic E-state index is 15.1. The van der Waals surface area contributed by atoms with E-state index in [4.69, 9.17) is 9.26 Å². The number of hydrogen-bond donors (Lipinski definition) is 6. The first kappa shape index (κ1) is 26.6. The van der Waals surface area contributed by atoms with E-state index in [1.807, 2.05) is 4.98 Å². The van der Waals surface area contributed by atoms with Crippen LogP contribution in [0.3, 0.4) is 0 Å². The van der Waals surface area contributed by atoms with E-state index in [-0.39, 0.29) is 24.8 Å². The van der Waals surface area contributed by atoms with Gasteiger partial charge in [-0.3, -0.25) is 18.9 Å². The second kappa shape index (κ2) is 10.8. The zero-order valence-electron chi connectivity index (χ0n) is 17.1. The maximum atomic E-state index is 15.1. The zero-order valence-corrected chi connectivity index (χ0v) is 18.0. The Labute approximate surface area is 172 Å². The van der Waals surface area contributed by atoms with Gasteiger partial charge in [-0.25, -0.2) is 9.18 Å². The van der Waals surface area contributed by atoms with Gasteiger partial charge in [0.05, 0.1) is 18.8 Å². The van der Waals surface area contributed by atoms with Gasteiger partial charge in [-0.15, -0.1) is 0 Å². The number of nitrogens with one attached hydrogen (secondary N) is 2. The average molecular weight is 456 g/mol. The molecule has 0 aliphatic heterocycles. The molecule has 0 fully saturated rings. The van der Waals surface area contributed by atoms with Crippen molar-refractivity contribution in [3.63, 3.8) is 0 Å². The van der Waals surface area contributed by atoms with Gasteiger partial charge in [0.2, 0.25) is 5.85 Å². The Morgan fingerprint density at radius 3 is 2.30 bits per heavy atom. The molecule has 0 spiro atoms. The van der Waals surface area contributed by atoms with Crippen molar-refractivity contribution in [3.8, 4) is 0 Å². The van der Waals surface area contributed by atoms with Crippen LogP contribution in [0, 0.1) is 0 Å². The molecule has 0 bridgehead atoms. The highest BCUT2D eigenvalue weighted by molar-refractivity contribution is 7.54. The van der Waals surface area contributed by atoms with Crippen LogP contribution in [-0.4, -0.2) is 60.7 Å². The summed E-state index contributed by atoms with van der Waals surface area (Å²) in [5.41, 5.74) is -1.87. The first-order valence-corrected chi connectivity index (χ1v) is 11.1. The molecule has 6 N–H and O–H groups in total. The predicted octanol–water partition coefficient (Wildman–Crippen LogP) is 0.651. The van der Waals surface area contributed by atoms with Crippen molar-refractivity contribution >= 4 is 7.60 Å². The normalized spacial score (nSPS) is 18.4. The van der Waals surface area contributed by atoms with Gasteiger partial charge in [-0.1, -0.05) is 20.8 Å². The Balaban J connectivity index is 2.98. The second-order valence-electron chi connectivity index (χ2n) is 6.86. The van der Waals surface area contributed by atoms with Gasteiger partial charge in [-0.2, -0.15) is 0 Å². The fraction of sp³-hybridized carbons (Fsp3) is 0.765. The van der Waals surface area contributed by atoms with Gasteiger partial charge in [0.15, 0.2) is 5.34 Å². The predicted molar refractivity (Wildman–Crippen MR) is 105 cm³/mol. The molecular weight excluding hydrogens is 426 g/mol. The first-order chi connectivity index (χ1) is 13.9. The molecule has 0 saturated carbocycles. The van der Waals surface area contributed by atoms with Crippen LogP contribution in [0.15, 0.2) is 15.8 Å². The summed E-state index contributed by atoms with van der Waals surface area (Å²) in [6, 6.07) is 0. The van der Waals surface area contributed by atoms with Crippen LogP contribution < -0.4 is 11.2 Å². The molecule has 1 aromatic heterocycles. The summed E-state index contributed by atoms with van der Waals surface area (Å²) in [6.45, 7) is 3.02. The lowest BCUT2D eigenvalue weighted by molar-refractivity contribution is -0.122. The lowest BCUT2D eigenvalue weighted by Gasteiger charge is -2.35. The molecule has 2 unspecified atom stereocenters. The van der Waals surface area contributed by atoms with Crippen molar-refractivity contribution in [2.24, 2.45) is 0 Å². The summed E-state index contributed by atoms with van der Waals surface area (Å²) in [5.74, 6) is -2.64. The molecule has 1 aromatic rings. The number of aliphatic hydroxyl groups is 3. The largest absolute Gasteiger partial charge is 0.394 e. The van der Waals surface area contributed by atoms with Crippen LogP contribution in [-0.2, 0) is 13.8 Å². The molecule has 30 heavy (non-hydrogen) atoms. The highest BCUT2D eigenvalue weighted by Crippen LogP contribution is 2.60. The third kappa shape index (κ3) is 6.30. The summed E-state index contributed by atoms with van der Waals surface area (Å²) in [7, 11) is -4.77. The minimum atomic E-state index is -4.77. The van der Waals surface area contributed by atoms with Crippen LogP contribution in [0.1, 0.15) is 58.1 Å². The van der Waals surface area contributed by atoms with Crippen molar-refractivity contribution < 1.29 is 38.4 Å². The molecule has 1 heterocycles. The van der Waals surface area contributed by atoms with E-state index < -0.39 is 61.9 Å². The van der Waals surface area contributed by atoms with Crippen molar-refractivity contribution in [3.05, 3.63) is 32.6 Å².